The fourth-order valence-electron chi connectivity index (χ4n) is 1.72. The van der Waals surface area contributed by atoms with Crippen molar-refractivity contribution in [2.24, 2.45) is 4.99 Å². The maximum absolute atomic E-state index is 4.63. The van der Waals surface area contributed by atoms with Gasteiger partial charge < -0.3 is 10.6 Å². The van der Waals surface area contributed by atoms with Crippen LogP contribution in [-0.4, -0.2) is 36.1 Å². The minimum Gasteiger partial charge on any atom is -0.357 e. The van der Waals surface area contributed by atoms with E-state index in [0.29, 0.717) is 4.75 Å². The molecular formula is C11H24IN3S. The topological polar surface area (TPSA) is 36.4 Å². The molecule has 2 N–H and O–H groups in total. The molecule has 1 rings (SSSR count). The highest BCUT2D eigenvalue weighted by molar-refractivity contribution is 14.0. The Morgan fingerprint density at radius 3 is 2.38 bits per heavy atom. The van der Waals surface area contributed by atoms with Crippen molar-refractivity contribution in [1.29, 1.82) is 0 Å². The first-order valence-electron chi connectivity index (χ1n) is 5.86. The summed E-state index contributed by atoms with van der Waals surface area (Å²) in [5, 5.41) is 6.51. The molecule has 1 unspecified atom stereocenters. The van der Waals surface area contributed by atoms with Crippen molar-refractivity contribution in [2.75, 3.05) is 25.4 Å². The quantitative estimate of drug-likeness (QED) is 0.461. The predicted octanol–water partition coefficient (Wildman–Crippen LogP) is 2.47. The number of guanidine groups is 1. The van der Waals surface area contributed by atoms with E-state index < -0.39 is 0 Å². The molecule has 0 aromatic heterocycles. The second-order valence-electron chi connectivity index (χ2n) is 4.13. The van der Waals surface area contributed by atoms with Crippen LogP contribution in [0, 0.1) is 0 Å². The lowest BCUT2D eigenvalue weighted by Gasteiger charge is -2.20. The summed E-state index contributed by atoms with van der Waals surface area (Å²) in [4.78, 5) is 4.63. The second-order valence-corrected chi connectivity index (χ2v) is 5.81. The minimum absolute atomic E-state index is 0. The van der Waals surface area contributed by atoms with Gasteiger partial charge in [-0.1, -0.05) is 0 Å². The van der Waals surface area contributed by atoms with Crippen molar-refractivity contribution in [3.05, 3.63) is 0 Å². The van der Waals surface area contributed by atoms with E-state index in [1.807, 2.05) is 0 Å². The summed E-state index contributed by atoms with van der Waals surface area (Å²) in [6.45, 7) is 9.29. The molecular weight excluding hydrogens is 333 g/mol. The van der Waals surface area contributed by atoms with Gasteiger partial charge in [0.15, 0.2) is 5.96 Å². The van der Waals surface area contributed by atoms with Crippen LogP contribution in [0.15, 0.2) is 4.99 Å². The molecule has 1 atom stereocenters. The van der Waals surface area contributed by atoms with Gasteiger partial charge in [0.2, 0.25) is 0 Å². The lowest BCUT2D eigenvalue weighted by Crippen LogP contribution is -2.38. The predicted molar refractivity (Wildman–Crippen MR) is 85.2 cm³/mol. The second kappa shape index (κ2) is 8.44. The molecule has 0 aromatic carbocycles. The highest BCUT2D eigenvalue weighted by Crippen LogP contribution is 2.37. The molecule has 0 spiro atoms. The summed E-state index contributed by atoms with van der Waals surface area (Å²) in [6.07, 6.45) is 2.64. The Kier molecular flexibility index (Phi) is 8.63. The molecule has 16 heavy (non-hydrogen) atoms. The average molecular weight is 357 g/mol. The van der Waals surface area contributed by atoms with Gasteiger partial charge >= 0.3 is 0 Å². The van der Waals surface area contributed by atoms with Crippen LogP contribution in [0.25, 0.3) is 0 Å². The van der Waals surface area contributed by atoms with Crippen LogP contribution in [0.3, 0.4) is 0 Å². The zero-order chi connectivity index (χ0) is 11.1. The SMILES string of the molecule is CCNC(=NCC1(C)CCCS1)NCC.I. The number of aliphatic imine (C=N–C) groups is 1. The maximum atomic E-state index is 4.63. The molecule has 1 aliphatic rings. The van der Waals surface area contributed by atoms with E-state index in [4.69, 9.17) is 0 Å². The van der Waals surface area contributed by atoms with Gasteiger partial charge in [0.05, 0.1) is 6.54 Å². The molecule has 1 saturated heterocycles. The van der Waals surface area contributed by atoms with Crippen LogP contribution in [0.5, 0.6) is 0 Å². The van der Waals surface area contributed by atoms with Crippen molar-refractivity contribution in [3.8, 4) is 0 Å². The lowest BCUT2D eigenvalue weighted by molar-refractivity contribution is 0.615. The first kappa shape index (κ1) is 16.4. The van der Waals surface area contributed by atoms with Crippen LogP contribution >= 0.6 is 35.7 Å². The van der Waals surface area contributed by atoms with E-state index in [9.17, 15) is 0 Å². The largest absolute Gasteiger partial charge is 0.357 e. The normalized spacial score (nSPS) is 23.4. The first-order chi connectivity index (χ1) is 7.20. The van der Waals surface area contributed by atoms with E-state index in [0.717, 1.165) is 25.6 Å². The molecule has 3 nitrogen and oxygen atoms in total. The number of thioether (sulfide) groups is 1. The highest BCUT2D eigenvalue weighted by Gasteiger charge is 2.29. The monoisotopic (exact) mass is 357 g/mol. The van der Waals surface area contributed by atoms with Crippen LogP contribution < -0.4 is 10.6 Å². The number of halogens is 1. The third kappa shape index (κ3) is 5.61. The van der Waals surface area contributed by atoms with E-state index in [2.05, 4.69) is 48.2 Å². The van der Waals surface area contributed by atoms with Gasteiger partial charge in [-0.15, -0.1) is 24.0 Å². The molecule has 1 fully saturated rings. The molecule has 0 amide bonds. The Bertz CT molecular complexity index is 207. The van der Waals surface area contributed by atoms with Crippen molar-refractivity contribution in [3.63, 3.8) is 0 Å². The van der Waals surface area contributed by atoms with Crippen molar-refractivity contribution >= 4 is 41.7 Å². The Morgan fingerprint density at radius 2 is 1.94 bits per heavy atom. The van der Waals surface area contributed by atoms with E-state index >= 15 is 0 Å². The summed E-state index contributed by atoms with van der Waals surface area (Å²) >= 11 is 2.06. The standard InChI is InChI=1S/C11H23N3S.HI/c1-4-12-10(13-5-2)14-9-11(3)7-6-8-15-11;/h4-9H2,1-3H3,(H2,12,13,14);1H. The molecule has 0 aromatic rings. The van der Waals surface area contributed by atoms with Crippen molar-refractivity contribution < 1.29 is 0 Å². The molecule has 0 aliphatic carbocycles. The number of rotatable bonds is 4. The van der Waals surface area contributed by atoms with Crippen molar-refractivity contribution in [2.45, 2.75) is 38.4 Å². The Balaban J connectivity index is 0.00000225. The lowest BCUT2D eigenvalue weighted by atomic mass is 10.1. The summed E-state index contributed by atoms with van der Waals surface area (Å²) < 4.78 is 0.371. The number of hydrogen-bond acceptors (Lipinski definition) is 2. The Hall–Kier alpha value is 0.350. The molecule has 96 valence electrons. The zero-order valence-corrected chi connectivity index (χ0v) is 13.7. The smallest absolute Gasteiger partial charge is 0.191 e. The molecule has 5 heteroatoms. The average Bonchev–Trinajstić information content (AvgIpc) is 2.63. The summed E-state index contributed by atoms with van der Waals surface area (Å²) in [5.74, 6) is 2.25. The summed E-state index contributed by atoms with van der Waals surface area (Å²) in [6, 6.07) is 0. The van der Waals surface area contributed by atoms with Crippen LogP contribution in [-0.2, 0) is 0 Å². The van der Waals surface area contributed by atoms with Crippen LogP contribution in [0.2, 0.25) is 0 Å². The van der Waals surface area contributed by atoms with Gasteiger partial charge in [0.25, 0.3) is 0 Å². The van der Waals surface area contributed by atoms with Crippen LogP contribution in [0.4, 0.5) is 0 Å². The third-order valence-electron chi connectivity index (χ3n) is 2.56. The fourth-order valence-corrected chi connectivity index (χ4v) is 2.94. The summed E-state index contributed by atoms with van der Waals surface area (Å²) in [7, 11) is 0. The number of hydrogen-bond donors (Lipinski definition) is 2. The fraction of sp³-hybridized carbons (Fsp3) is 0.909. The van der Waals surface area contributed by atoms with Gasteiger partial charge in [-0.25, -0.2) is 0 Å². The van der Waals surface area contributed by atoms with Gasteiger partial charge in [-0.05, 0) is 39.4 Å². The maximum Gasteiger partial charge on any atom is 0.191 e. The first-order valence-corrected chi connectivity index (χ1v) is 6.85. The van der Waals surface area contributed by atoms with E-state index in [-0.39, 0.29) is 24.0 Å². The number of nitrogens with one attached hydrogen (secondary N) is 2. The molecule has 1 heterocycles. The van der Waals surface area contributed by atoms with Crippen molar-refractivity contribution in [1.82, 2.24) is 10.6 Å². The molecule has 0 bridgehead atoms. The van der Waals surface area contributed by atoms with E-state index in [1.54, 1.807) is 0 Å². The zero-order valence-electron chi connectivity index (χ0n) is 10.5. The molecule has 0 saturated carbocycles. The molecule has 0 radical (unpaired) electrons. The van der Waals surface area contributed by atoms with Gasteiger partial charge in [-0.2, -0.15) is 11.8 Å². The molecule has 1 aliphatic heterocycles. The van der Waals surface area contributed by atoms with Gasteiger partial charge in [0.1, 0.15) is 0 Å². The van der Waals surface area contributed by atoms with Gasteiger partial charge in [-0.3, -0.25) is 4.99 Å². The Labute approximate surface area is 121 Å². The van der Waals surface area contributed by atoms with E-state index in [1.165, 1.54) is 18.6 Å². The summed E-state index contributed by atoms with van der Waals surface area (Å²) in [5.41, 5.74) is 0. The minimum atomic E-state index is 0. The van der Waals surface area contributed by atoms with Gasteiger partial charge in [0, 0.05) is 17.8 Å². The highest BCUT2D eigenvalue weighted by atomic mass is 127. The van der Waals surface area contributed by atoms with Crippen LogP contribution in [0.1, 0.15) is 33.6 Å². The Morgan fingerprint density at radius 1 is 1.31 bits per heavy atom. The number of nitrogens with zero attached hydrogens (tertiary/aromatic N) is 1. The third-order valence-corrected chi connectivity index (χ3v) is 4.08.